The van der Waals surface area contributed by atoms with Gasteiger partial charge in [0.15, 0.2) is 0 Å². The first-order valence-corrected chi connectivity index (χ1v) is 8.63. The number of nitrogens with one attached hydrogen (secondary N) is 1. The van der Waals surface area contributed by atoms with Crippen molar-refractivity contribution in [2.75, 3.05) is 13.6 Å². The fourth-order valence-corrected chi connectivity index (χ4v) is 2.41. The lowest BCUT2D eigenvalue weighted by atomic mass is 10.2. The zero-order valence-corrected chi connectivity index (χ0v) is 15.2. The van der Waals surface area contributed by atoms with Crippen molar-refractivity contribution in [2.45, 2.75) is 26.3 Å². The van der Waals surface area contributed by atoms with Gasteiger partial charge in [-0.25, -0.2) is 0 Å². The number of amides is 2. The summed E-state index contributed by atoms with van der Waals surface area (Å²) in [5, 5.41) is 3.44. The minimum absolute atomic E-state index is 0.109. The molecule has 6 heteroatoms. The summed E-state index contributed by atoms with van der Waals surface area (Å²) in [6.45, 7) is 3.13. The van der Waals surface area contributed by atoms with Crippen LogP contribution in [0, 0.1) is 0 Å². The minimum Gasteiger partial charge on any atom is -0.347 e. The number of aromatic nitrogens is 1. The maximum absolute atomic E-state index is 12.4. The van der Waals surface area contributed by atoms with Gasteiger partial charge >= 0.3 is 0 Å². The zero-order chi connectivity index (χ0) is 18.2. The Balaban J connectivity index is 2.00. The smallest absolute Gasteiger partial charge is 0.270 e. The van der Waals surface area contributed by atoms with Crippen LogP contribution in [0.15, 0.2) is 42.6 Å². The molecule has 1 heterocycles. The van der Waals surface area contributed by atoms with Gasteiger partial charge in [-0.15, -0.1) is 0 Å². The molecule has 0 bridgehead atoms. The van der Waals surface area contributed by atoms with Crippen LogP contribution in [0.25, 0.3) is 0 Å². The van der Waals surface area contributed by atoms with E-state index in [1.165, 1.54) is 12.3 Å². The van der Waals surface area contributed by atoms with Gasteiger partial charge in [0.05, 0.1) is 0 Å². The number of benzene rings is 1. The molecular weight excluding hydrogens is 338 g/mol. The van der Waals surface area contributed by atoms with Crippen molar-refractivity contribution in [3.8, 4) is 0 Å². The molecule has 2 aromatic rings. The van der Waals surface area contributed by atoms with Gasteiger partial charge in [0.1, 0.15) is 5.69 Å². The molecule has 1 N–H and O–H groups in total. The van der Waals surface area contributed by atoms with Crippen LogP contribution < -0.4 is 5.32 Å². The highest BCUT2D eigenvalue weighted by atomic mass is 35.5. The number of hydrogen-bond donors (Lipinski definition) is 1. The maximum atomic E-state index is 12.4. The van der Waals surface area contributed by atoms with Crippen LogP contribution in [-0.2, 0) is 6.54 Å². The summed E-state index contributed by atoms with van der Waals surface area (Å²) in [5.74, 6) is -0.427. The summed E-state index contributed by atoms with van der Waals surface area (Å²) >= 11 is 5.84. The standard InChI is InChI=1S/C19H22ClN3O2/c1-3-4-11-23(2)19(25)15-9-10-21-17(12-15)18(24)22-13-14-5-7-16(20)8-6-14/h5-10,12H,3-4,11,13H2,1-2H3,(H,22,24). The fourth-order valence-electron chi connectivity index (χ4n) is 2.28. The molecule has 0 fully saturated rings. The molecule has 0 atom stereocenters. The molecule has 5 nitrogen and oxygen atoms in total. The summed E-state index contributed by atoms with van der Waals surface area (Å²) in [7, 11) is 1.76. The highest BCUT2D eigenvalue weighted by Gasteiger charge is 2.14. The Morgan fingerprint density at radius 2 is 1.92 bits per heavy atom. The first-order chi connectivity index (χ1) is 12.0. The normalized spacial score (nSPS) is 10.4. The van der Waals surface area contributed by atoms with Gasteiger partial charge in [0, 0.05) is 36.9 Å². The SMILES string of the molecule is CCCCN(C)C(=O)c1ccnc(C(=O)NCc2ccc(Cl)cc2)c1. The van der Waals surface area contributed by atoms with Crippen LogP contribution in [-0.4, -0.2) is 35.3 Å². The lowest BCUT2D eigenvalue weighted by Crippen LogP contribution is -2.29. The predicted octanol–water partition coefficient (Wildman–Crippen LogP) is 3.54. The Hall–Kier alpha value is -2.40. The molecule has 0 aliphatic heterocycles. The van der Waals surface area contributed by atoms with E-state index < -0.39 is 0 Å². The third-order valence-corrected chi connectivity index (χ3v) is 4.05. The molecule has 132 valence electrons. The molecule has 0 unspecified atom stereocenters. The molecule has 0 aliphatic carbocycles. The lowest BCUT2D eigenvalue weighted by Gasteiger charge is -2.16. The highest BCUT2D eigenvalue weighted by Crippen LogP contribution is 2.10. The third kappa shape index (κ3) is 5.57. The lowest BCUT2D eigenvalue weighted by molar-refractivity contribution is 0.0793. The zero-order valence-electron chi connectivity index (χ0n) is 14.5. The van der Waals surface area contributed by atoms with Crippen LogP contribution in [0.4, 0.5) is 0 Å². The Labute approximate surface area is 153 Å². The molecule has 2 rings (SSSR count). The van der Waals surface area contributed by atoms with Crippen molar-refractivity contribution in [1.29, 1.82) is 0 Å². The molecule has 2 amide bonds. The molecule has 0 saturated heterocycles. The van der Waals surface area contributed by atoms with Crippen molar-refractivity contribution in [1.82, 2.24) is 15.2 Å². The number of nitrogens with zero attached hydrogens (tertiary/aromatic N) is 2. The number of halogens is 1. The van der Waals surface area contributed by atoms with E-state index in [9.17, 15) is 9.59 Å². The van der Waals surface area contributed by atoms with E-state index in [4.69, 9.17) is 11.6 Å². The monoisotopic (exact) mass is 359 g/mol. The van der Waals surface area contributed by atoms with E-state index in [1.807, 2.05) is 12.1 Å². The molecule has 25 heavy (non-hydrogen) atoms. The predicted molar refractivity (Wildman–Crippen MR) is 98.7 cm³/mol. The van der Waals surface area contributed by atoms with Crippen LogP contribution in [0.1, 0.15) is 46.2 Å². The van der Waals surface area contributed by atoms with E-state index >= 15 is 0 Å². The first kappa shape index (κ1) is 18.9. The molecule has 0 spiro atoms. The second-order valence-corrected chi connectivity index (χ2v) is 6.26. The summed E-state index contributed by atoms with van der Waals surface area (Å²) in [6, 6.07) is 10.4. The van der Waals surface area contributed by atoms with Gasteiger partial charge in [0.2, 0.25) is 0 Å². The van der Waals surface area contributed by atoms with Crippen LogP contribution in [0.5, 0.6) is 0 Å². The quantitative estimate of drug-likeness (QED) is 0.822. The number of unbranched alkanes of at least 4 members (excludes halogenated alkanes) is 1. The second kappa shape index (κ2) is 9.18. The Morgan fingerprint density at radius 1 is 1.20 bits per heavy atom. The second-order valence-electron chi connectivity index (χ2n) is 5.82. The largest absolute Gasteiger partial charge is 0.347 e. The number of pyridine rings is 1. The fraction of sp³-hybridized carbons (Fsp3) is 0.316. The van der Waals surface area contributed by atoms with Crippen molar-refractivity contribution >= 4 is 23.4 Å². The molecule has 1 aromatic carbocycles. The Bertz CT molecular complexity index is 732. The average Bonchev–Trinajstić information content (AvgIpc) is 2.64. The van der Waals surface area contributed by atoms with Crippen LogP contribution in [0.3, 0.4) is 0 Å². The molecule has 0 radical (unpaired) electrons. The Morgan fingerprint density at radius 3 is 2.60 bits per heavy atom. The molecular formula is C19H22ClN3O2. The van der Waals surface area contributed by atoms with Crippen molar-refractivity contribution in [2.24, 2.45) is 0 Å². The minimum atomic E-state index is -0.319. The molecule has 0 saturated carbocycles. The molecule has 1 aromatic heterocycles. The summed E-state index contributed by atoms with van der Waals surface area (Å²) in [5.41, 5.74) is 1.62. The molecule has 0 aliphatic rings. The summed E-state index contributed by atoms with van der Waals surface area (Å²) < 4.78 is 0. The van der Waals surface area contributed by atoms with E-state index in [1.54, 1.807) is 30.1 Å². The van der Waals surface area contributed by atoms with Crippen LogP contribution >= 0.6 is 11.6 Å². The van der Waals surface area contributed by atoms with E-state index in [0.29, 0.717) is 23.7 Å². The van der Waals surface area contributed by atoms with Crippen LogP contribution in [0.2, 0.25) is 5.02 Å². The van der Waals surface area contributed by atoms with E-state index in [0.717, 1.165) is 18.4 Å². The van der Waals surface area contributed by atoms with E-state index in [2.05, 4.69) is 17.2 Å². The first-order valence-electron chi connectivity index (χ1n) is 8.25. The van der Waals surface area contributed by atoms with Crippen molar-refractivity contribution in [3.63, 3.8) is 0 Å². The number of hydrogen-bond acceptors (Lipinski definition) is 3. The highest BCUT2D eigenvalue weighted by molar-refractivity contribution is 6.30. The van der Waals surface area contributed by atoms with Gasteiger partial charge < -0.3 is 10.2 Å². The van der Waals surface area contributed by atoms with Gasteiger partial charge in [-0.05, 0) is 36.2 Å². The van der Waals surface area contributed by atoms with Crippen molar-refractivity contribution in [3.05, 3.63) is 64.4 Å². The maximum Gasteiger partial charge on any atom is 0.270 e. The number of carbonyl (C=O) groups excluding carboxylic acids is 2. The third-order valence-electron chi connectivity index (χ3n) is 3.80. The van der Waals surface area contributed by atoms with Crippen molar-refractivity contribution < 1.29 is 9.59 Å². The summed E-state index contributed by atoms with van der Waals surface area (Å²) in [4.78, 5) is 30.4. The van der Waals surface area contributed by atoms with Gasteiger partial charge in [-0.3, -0.25) is 14.6 Å². The van der Waals surface area contributed by atoms with Gasteiger partial charge in [-0.2, -0.15) is 0 Å². The Kier molecular flexibility index (Phi) is 6.95. The number of carbonyl (C=O) groups is 2. The topological polar surface area (TPSA) is 62.3 Å². The van der Waals surface area contributed by atoms with Gasteiger partial charge in [-0.1, -0.05) is 37.1 Å². The summed E-state index contributed by atoms with van der Waals surface area (Å²) in [6.07, 6.45) is 3.45. The van der Waals surface area contributed by atoms with Gasteiger partial charge in [0.25, 0.3) is 11.8 Å². The number of rotatable bonds is 7. The average molecular weight is 360 g/mol. The van der Waals surface area contributed by atoms with E-state index in [-0.39, 0.29) is 17.5 Å².